The van der Waals surface area contributed by atoms with E-state index in [-0.39, 0.29) is 24.8 Å². The van der Waals surface area contributed by atoms with Crippen molar-refractivity contribution in [1.82, 2.24) is 0 Å². The number of hydrogen-bond donors (Lipinski definition) is 3. The van der Waals surface area contributed by atoms with Gasteiger partial charge >= 0.3 is 0 Å². The maximum absolute atomic E-state index is 12.2. The van der Waals surface area contributed by atoms with Crippen molar-refractivity contribution in [3.05, 3.63) is 48.0 Å². The summed E-state index contributed by atoms with van der Waals surface area (Å²) in [5, 5.41) is 5.72. The van der Waals surface area contributed by atoms with Gasteiger partial charge in [0.1, 0.15) is 5.75 Å². The Kier molecular flexibility index (Phi) is 3.65. The quantitative estimate of drug-likeness (QED) is 0.592. The first-order valence-corrected chi connectivity index (χ1v) is 6.81. The highest BCUT2D eigenvalue weighted by atomic mass is 16.5. The molecule has 2 aromatic rings. The number of hydrogen-bond acceptors (Lipinski definition) is 5. The highest BCUT2D eigenvalue weighted by Crippen LogP contribution is 2.28. The number of ketones is 1. The van der Waals surface area contributed by atoms with Gasteiger partial charge in [0.25, 0.3) is 5.91 Å². The molecule has 3 rings (SSSR count). The normalized spacial score (nSPS) is 12.8. The van der Waals surface area contributed by atoms with E-state index < -0.39 is 0 Å². The predicted octanol–water partition coefficient (Wildman–Crippen LogP) is 1.89. The molecule has 112 valence electrons. The van der Waals surface area contributed by atoms with Crippen LogP contribution >= 0.6 is 0 Å². The Labute approximate surface area is 127 Å². The number of carbonyl (C=O) groups excluding carboxylic acids is 2. The Morgan fingerprint density at radius 2 is 2.00 bits per heavy atom. The number of rotatable bonds is 4. The summed E-state index contributed by atoms with van der Waals surface area (Å²) in [5.41, 5.74) is 8.12. The van der Waals surface area contributed by atoms with Crippen LogP contribution in [0.15, 0.2) is 42.5 Å². The van der Waals surface area contributed by atoms with E-state index in [9.17, 15) is 9.59 Å². The highest BCUT2D eigenvalue weighted by Gasteiger charge is 2.17. The van der Waals surface area contributed by atoms with Crippen molar-refractivity contribution in [2.45, 2.75) is 0 Å². The summed E-state index contributed by atoms with van der Waals surface area (Å²) < 4.78 is 5.26. The molecule has 0 bridgehead atoms. The standard InChI is InChI=1S/C16H15N3O3/c17-11-2-4-12(5-3-11)18-8-14(20)10-1-6-15-13(7-10)19-16(21)9-22-15/h1-7,18H,8-9,17H2,(H,19,21). The van der Waals surface area contributed by atoms with Gasteiger partial charge in [0.2, 0.25) is 0 Å². The molecule has 0 saturated carbocycles. The summed E-state index contributed by atoms with van der Waals surface area (Å²) in [7, 11) is 0. The third kappa shape index (κ3) is 3.01. The zero-order valence-corrected chi connectivity index (χ0v) is 11.8. The Morgan fingerprint density at radius 1 is 1.23 bits per heavy atom. The molecule has 6 nitrogen and oxygen atoms in total. The van der Waals surface area contributed by atoms with E-state index in [0.29, 0.717) is 22.7 Å². The highest BCUT2D eigenvalue weighted by molar-refractivity contribution is 6.02. The second-order valence-electron chi connectivity index (χ2n) is 4.95. The molecular weight excluding hydrogens is 282 g/mol. The maximum Gasteiger partial charge on any atom is 0.262 e. The van der Waals surface area contributed by atoms with Crippen LogP contribution in [0.25, 0.3) is 0 Å². The van der Waals surface area contributed by atoms with Crippen molar-refractivity contribution >= 4 is 28.8 Å². The SMILES string of the molecule is Nc1ccc(NCC(=O)c2ccc3c(c2)NC(=O)CO3)cc1. The Morgan fingerprint density at radius 3 is 2.77 bits per heavy atom. The van der Waals surface area contributed by atoms with Crippen LogP contribution < -0.4 is 21.1 Å². The zero-order chi connectivity index (χ0) is 15.5. The minimum absolute atomic E-state index is 0.00101. The van der Waals surface area contributed by atoms with E-state index in [1.165, 1.54) is 0 Å². The van der Waals surface area contributed by atoms with Crippen LogP contribution in [-0.2, 0) is 4.79 Å². The molecule has 1 heterocycles. The monoisotopic (exact) mass is 297 g/mol. The number of carbonyl (C=O) groups is 2. The van der Waals surface area contributed by atoms with Crippen molar-refractivity contribution in [3.63, 3.8) is 0 Å². The number of ether oxygens (including phenoxy) is 1. The van der Waals surface area contributed by atoms with Gasteiger partial charge in [0.05, 0.1) is 12.2 Å². The van der Waals surface area contributed by atoms with E-state index in [1.54, 1.807) is 30.3 Å². The van der Waals surface area contributed by atoms with Crippen LogP contribution in [0, 0.1) is 0 Å². The van der Waals surface area contributed by atoms with Crippen LogP contribution in [0.1, 0.15) is 10.4 Å². The van der Waals surface area contributed by atoms with E-state index in [4.69, 9.17) is 10.5 Å². The molecule has 2 aromatic carbocycles. The van der Waals surface area contributed by atoms with Crippen LogP contribution in [0.3, 0.4) is 0 Å². The molecule has 6 heteroatoms. The molecule has 0 unspecified atom stereocenters. The molecule has 0 atom stereocenters. The second kappa shape index (κ2) is 5.77. The first-order chi connectivity index (χ1) is 10.6. The molecule has 0 spiro atoms. The van der Waals surface area contributed by atoms with E-state index in [1.807, 2.05) is 12.1 Å². The van der Waals surface area contributed by atoms with Crippen LogP contribution in [-0.4, -0.2) is 24.8 Å². The number of amides is 1. The van der Waals surface area contributed by atoms with E-state index >= 15 is 0 Å². The topological polar surface area (TPSA) is 93.5 Å². The van der Waals surface area contributed by atoms with Crippen LogP contribution in [0.2, 0.25) is 0 Å². The summed E-state index contributed by atoms with van der Waals surface area (Å²) in [4.78, 5) is 23.5. The first kappa shape index (κ1) is 13.9. The summed E-state index contributed by atoms with van der Waals surface area (Å²) in [5.74, 6) is 0.263. The minimum atomic E-state index is -0.225. The molecule has 0 radical (unpaired) electrons. The molecule has 1 aliphatic rings. The fourth-order valence-electron chi connectivity index (χ4n) is 2.14. The lowest BCUT2D eigenvalue weighted by atomic mass is 10.1. The molecule has 0 saturated heterocycles. The summed E-state index contributed by atoms with van der Waals surface area (Å²) in [6.07, 6.45) is 0. The Hall–Kier alpha value is -3.02. The van der Waals surface area contributed by atoms with Gasteiger partial charge in [-0.25, -0.2) is 0 Å². The van der Waals surface area contributed by atoms with Crippen molar-refractivity contribution in [2.24, 2.45) is 0 Å². The number of nitrogens with one attached hydrogen (secondary N) is 2. The number of fused-ring (bicyclic) bond motifs is 1. The number of nitrogen functional groups attached to an aromatic ring is 1. The number of Topliss-reactive ketones (excluding diaryl/α,β-unsaturated/α-hetero) is 1. The lowest BCUT2D eigenvalue weighted by Crippen LogP contribution is -2.25. The smallest absolute Gasteiger partial charge is 0.262 e. The third-order valence-electron chi connectivity index (χ3n) is 3.30. The largest absolute Gasteiger partial charge is 0.482 e. The molecule has 0 fully saturated rings. The van der Waals surface area contributed by atoms with Gasteiger partial charge in [0.15, 0.2) is 12.4 Å². The molecule has 1 amide bonds. The number of benzene rings is 2. The molecule has 22 heavy (non-hydrogen) atoms. The van der Waals surface area contributed by atoms with Crippen LogP contribution in [0.5, 0.6) is 5.75 Å². The lowest BCUT2D eigenvalue weighted by Gasteiger charge is -2.18. The van der Waals surface area contributed by atoms with Gasteiger partial charge in [-0.05, 0) is 42.5 Å². The van der Waals surface area contributed by atoms with E-state index in [0.717, 1.165) is 5.69 Å². The predicted molar refractivity (Wildman–Crippen MR) is 84.2 cm³/mol. The van der Waals surface area contributed by atoms with Gasteiger partial charge < -0.3 is 21.1 Å². The van der Waals surface area contributed by atoms with Crippen molar-refractivity contribution in [1.29, 1.82) is 0 Å². The fraction of sp³-hybridized carbons (Fsp3) is 0.125. The molecule has 0 aliphatic carbocycles. The molecule has 4 N–H and O–H groups in total. The Bertz CT molecular complexity index is 726. The van der Waals surface area contributed by atoms with Crippen LogP contribution in [0.4, 0.5) is 17.1 Å². The number of anilines is 3. The van der Waals surface area contributed by atoms with Gasteiger partial charge in [-0.3, -0.25) is 9.59 Å². The first-order valence-electron chi connectivity index (χ1n) is 6.81. The summed E-state index contributed by atoms with van der Waals surface area (Å²) in [6, 6.07) is 12.1. The van der Waals surface area contributed by atoms with E-state index in [2.05, 4.69) is 10.6 Å². The van der Waals surface area contributed by atoms with Gasteiger partial charge in [0, 0.05) is 16.9 Å². The second-order valence-corrected chi connectivity index (χ2v) is 4.95. The number of nitrogens with two attached hydrogens (primary N) is 1. The molecule has 0 aromatic heterocycles. The minimum Gasteiger partial charge on any atom is -0.482 e. The van der Waals surface area contributed by atoms with Crippen molar-refractivity contribution < 1.29 is 14.3 Å². The summed E-state index contributed by atoms with van der Waals surface area (Å²) in [6.45, 7) is 0.149. The molecular formula is C16H15N3O3. The van der Waals surface area contributed by atoms with Crippen molar-refractivity contribution in [2.75, 3.05) is 29.5 Å². The maximum atomic E-state index is 12.2. The lowest BCUT2D eigenvalue weighted by molar-refractivity contribution is -0.118. The van der Waals surface area contributed by atoms with Crippen molar-refractivity contribution in [3.8, 4) is 5.75 Å². The average Bonchev–Trinajstić information content (AvgIpc) is 2.53. The zero-order valence-electron chi connectivity index (χ0n) is 11.8. The average molecular weight is 297 g/mol. The van der Waals surface area contributed by atoms with Gasteiger partial charge in [-0.15, -0.1) is 0 Å². The molecule has 1 aliphatic heterocycles. The van der Waals surface area contributed by atoms with Gasteiger partial charge in [-0.1, -0.05) is 0 Å². The summed E-state index contributed by atoms with van der Waals surface area (Å²) >= 11 is 0. The third-order valence-corrected chi connectivity index (χ3v) is 3.30. The Balaban J connectivity index is 1.68. The van der Waals surface area contributed by atoms with Gasteiger partial charge in [-0.2, -0.15) is 0 Å². The fourth-order valence-corrected chi connectivity index (χ4v) is 2.14.